The van der Waals surface area contributed by atoms with Crippen LogP contribution in [0.25, 0.3) is 0 Å². The average molecular weight is 311 g/mol. The minimum absolute atomic E-state index is 0.157. The predicted molar refractivity (Wildman–Crippen MR) is 82.9 cm³/mol. The van der Waals surface area contributed by atoms with Crippen molar-refractivity contribution >= 4 is 28.2 Å². The van der Waals surface area contributed by atoms with Crippen molar-refractivity contribution in [3.63, 3.8) is 0 Å². The number of nitrogens with one attached hydrogen (secondary N) is 2. The van der Waals surface area contributed by atoms with Gasteiger partial charge in [-0.15, -0.1) is 11.3 Å². The Labute approximate surface area is 128 Å². The van der Waals surface area contributed by atoms with Gasteiger partial charge in [-0.1, -0.05) is 13.8 Å². The molecule has 1 aromatic heterocycles. The van der Waals surface area contributed by atoms with Gasteiger partial charge in [0.1, 0.15) is 16.0 Å². The van der Waals surface area contributed by atoms with E-state index in [2.05, 4.69) is 29.4 Å². The van der Waals surface area contributed by atoms with Crippen molar-refractivity contribution in [2.75, 3.05) is 31.6 Å². The summed E-state index contributed by atoms with van der Waals surface area (Å²) in [5, 5.41) is 6.44. The number of likely N-dealkylation sites (N-methyl/N-ethyl adjacent to an activating group) is 1. The molecule has 1 unspecified atom stereocenters. The van der Waals surface area contributed by atoms with Crippen LogP contribution in [0, 0.1) is 0 Å². The number of ether oxygens (including phenoxy) is 1. The fraction of sp³-hybridized carbons (Fsp3) is 0.571. The molecule has 0 spiro atoms. The van der Waals surface area contributed by atoms with Crippen molar-refractivity contribution in [2.24, 2.45) is 0 Å². The number of amides is 1. The third kappa shape index (κ3) is 3.74. The van der Waals surface area contributed by atoms with Crippen LogP contribution in [0.2, 0.25) is 0 Å². The minimum atomic E-state index is -0.372. The molecule has 2 N–H and O–H groups in total. The maximum Gasteiger partial charge on any atom is 0.348 e. The number of nitrogens with zero attached hydrogens (tertiary/aromatic N) is 1. The Kier molecular flexibility index (Phi) is 5.19. The van der Waals surface area contributed by atoms with Crippen molar-refractivity contribution in [3.05, 3.63) is 16.5 Å². The number of hydrogen-bond donors (Lipinski definition) is 2. The fourth-order valence-corrected chi connectivity index (χ4v) is 3.15. The van der Waals surface area contributed by atoms with Crippen molar-refractivity contribution in [3.8, 4) is 0 Å². The highest BCUT2D eigenvalue weighted by Crippen LogP contribution is 2.30. The second-order valence-corrected chi connectivity index (χ2v) is 5.97. The van der Waals surface area contributed by atoms with Gasteiger partial charge in [0.15, 0.2) is 0 Å². The number of fused-ring (bicyclic) bond motifs is 1. The van der Waals surface area contributed by atoms with Crippen LogP contribution in [-0.4, -0.2) is 49.2 Å². The summed E-state index contributed by atoms with van der Waals surface area (Å²) >= 11 is 1.26. The standard InChI is InChI=1S/C14H21N3O3S/c1-4-17(5-2)7-9(3)20-14(19)11-6-10-12(18)15-8-16-13(10)21-11/h6,9,16H,4-5,7-8H2,1-3H3,(H,15,18). The highest BCUT2D eigenvalue weighted by atomic mass is 32.1. The van der Waals surface area contributed by atoms with Gasteiger partial charge < -0.3 is 20.3 Å². The van der Waals surface area contributed by atoms with Crippen LogP contribution in [0.15, 0.2) is 6.07 Å². The van der Waals surface area contributed by atoms with E-state index in [1.54, 1.807) is 6.07 Å². The molecular formula is C14H21N3O3S. The van der Waals surface area contributed by atoms with Gasteiger partial charge in [-0.05, 0) is 26.1 Å². The quantitative estimate of drug-likeness (QED) is 0.783. The van der Waals surface area contributed by atoms with Gasteiger partial charge in [0, 0.05) is 6.54 Å². The molecule has 0 saturated carbocycles. The summed E-state index contributed by atoms with van der Waals surface area (Å²) in [6.07, 6.45) is -0.182. The third-order valence-corrected chi connectivity index (χ3v) is 4.47. The average Bonchev–Trinajstić information content (AvgIpc) is 2.90. The van der Waals surface area contributed by atoms with E-state index < -0.39 is 0 Å². The molecular weight excluding hydrogens is 290 g/mol. The summed E-state index contributed by atoms with van der Waals surface area (Å²) in [6.45, 7) is 8.99. The Morgan fingerprint density at radius 2 is 2.14 bits per heavy atom. The molecule has 116 valence electrons. The first kappa shape index (κ1) is 15.8. The monoisotopic (exact) mass is 311 g/mol. The summed E-state index contributed by atoms with van der Waals surface area (Å²) in [5.74, 6) is -0.529. The first-order valence-corrected chi connectivity index (χ1v) is 7.96. The van der Waals surface area contributed by atoms with Gasteiger partial charge in [-0.2, -0.15) is 0 Å². The van der Waals surface area contributed by atoms with E-state index in [9.17, 15) is 9.59 Å². The molecule has 0 radical (unpaired) electrons. The highest BCUT2D eigenvalue weighted by molar-refractivity contribution is 7.18. The zero-order chi connectivity index (χ0) is 15.4. The van der Waals surface area contributed by atoms with Crippen molar-refractivity contribution in [2.45, 2.75) is 26.9 Å². The maximum absolute atomic E-state index is 12.1. The molecule has 21 heavy (non-hydrogen) atoms. The number of hydrogen-bond acceptors (Lipinski definition) is 6. The Hall–Kier alpha value is -1.60. The Morgan fingerprint density at radius 3 is 2.76 bits per heavy atom. The van der Waals surface area contributed by atoms with E-state index in [0.717, 1.165) is 18.1 Å². The van der Waals surface area contributed by atoms with Crippen molar-refractivity contribution in [1.29, 1.82) is 0 Å². The molecule has 0 fully saturated rings. The topological polar surface area (TPSA) is 70.7 Å². The number of carbonyl (C=O) groups is 2. The van der Waals surface area contributed by atoms with Crippen molar-refractivity contribution in [1.82, 2.24) is 10.2 Å². The zero-order valence-electron chi connectivity index (χ0n) is 12.6. The Bertz CT molecular complexity index is 526. The number of carbonyl (C=O) groups excluding carboxylic acids is 2. The molecule has 1 atom stereocenters. The second-order valence-electron chi connectivity index (χ2n) is 4.91. The van der Waals surface area contributed by atoms with E-state index in [1.807, 2.05) is 6.92 Å². The van der Waals surface area contributed by atoms with Gasteiger partial charge in [-0.3, -0.25) is 4.79 Å². The maximum atomic E-state index is 12.1. The second kappa shape index (κ2) is 6.91. The summed E-state index contributed by atoms with van der Waals surface area (Å²) in [5.41, 5.74) is 0.509. The normalized spacial score (nSPS) is 15.1. The first-order chi connectivity index (χ1) is 10.0. The summed E-state index contributed by atoms with van der Waals surface area (Å²) in [4.78, 5) is 26.5. The van der Waals surface area contributed by atoms with Crippen molar-refractivity contribution < 1.29 is 14.3 Å². The van der Waals surface area contributed by atoms with Crippen LogP contribution in [0.1, 0.15) is 40.8 Å². The lowest BCUT2D eigenvalue weighted by molar-refractivity contribution is 0.0266. The van der Waals surface area contributed by atoms with Crippen LogP contribution in [0.3, 0.4) is 0 Å². The molecule has 0 bridgehead atoms. The van der Waals surface area contributed by atoms with Gasteiger partial charge in [0.05, 0.1) is 12.2 Å². The number of anilines is 1. The lowest BCUT2D eigenvalue weighted by Crippen LogP contribution is -2.33. The van der Waals surface area contributed by atoms with Gasteiger partial charge in [0.2, 0.25) is 0 Å². The smallest absolute Gasteiger partial charge is 0.348 e. The van der Waals surface area contributed by atoms with Gasteiger partial charge in [0.25, 0.3) is 5.91 Å². The molecule has 0 aliphatic carbocycles. The van der Waals surface area contributed by atoms with E-state index in [1.165, 1.54) is 11.3 Å². The SMILES string of the molecule is CCN(CC)CC(C)OC(=O)c1cc2c(s1)NCNC2=O. The third-order valence-electron chi connectivity index (χ3n) is 3.39. The highest BCUT2D eigenvalue weighted by Gasteiger charge is 2.24. The van der Waals surface area contributed by atoms with Crippen LogP contribution >= 0.6 is 11.3 Å². The first-order valence-electron chi connectivity index (χ1n) is 7.14. The largest absolute Gasteiger partial charge is 0.457 e. The lowest BCUT2D eigenvalue weighted by atomic mass is 10.2. The summed E-state index contributed by atoms with van der Waals surface area (Å²) in [6, 6.07) is 1.59. The Morgan fingerprint density at radius 1 is 1.43 bits per heavy atom. The molecule has 0 saturated heterocycles. The van der Waals surface area contributed by atoms with Crippen LogP contribution in [0.5, 0.6) is 0 Å². The van der Waals surface area contributed by atoms with Gasteiger partial charge in [-0.25, -0.2) is 4.79 Å². The number of esters is 1. The lowest BCUT2D eigenvalue weighted by Gasteiger charge is -2.22. The molecule has 1 amide bonds. The van der Waals surface area contributed by atoms with Crippen LogP contribution < -0.4 is 10.6 Å². The van der Waals surface area contributed by atoms with Crippen LogP contribution in [0.4, 0.5) is 5.00 Å². The van der Waals surface area contributed by atoms with Gasteiger partial charge >= 0.3 is 5.97 Å². The Balaban J connectivity index is 1.99. The minimum Gasteiger partial charge on any atom is -0.457 e. The summed E-state index contributed by atoms with van der Waals surface area (Å²) < 4.78 is 5.45. The van der Waals surface area contributed by atoms with E-state index in [-0.39, 0.29) is 18.0 Å². The predicted octanol–water partition coefficient (Wildman–Crippen LogP) is 1.75. The molecule has 1 aromatic rings. The molecule has 1 aliphatic heterocycles. The number of rotatable bonds is 6. The van der Waals surface area contributed by atoms with Crippen LogP contribution in [-0.2, 0) is 4.74 Å². The summed E-state index contributed by atoms with van der Waals surface area (Å²) in [7, 11) is 0. The van der Waals surface area contributed by atoms with E-state index >= 15 is 0 Å². The zero-order valence-corrected chi connectivity index (χ0v) is 13.4. The molecule has 0 aromatic carbocycles. The fourth-order valence-electron chi connectivity index (χ4n) is 2.22. The molecule has 2 heterocycles. The van der Waals surface area contributed by atoms with E-state index in [0.29, 0.717) is 23.7 Å². The molecule has 2 rings (SSSR count). The molecule has 1 aliphatic rings. The molecule has 6 nitrogen and oxygen atoms in total. The molecule has 7 heteroatoms. The van der Waals surface area contributed by atoms with E-state index in [4.69, 9.17) is 4.74 Å². The number of thiophene rings is 1.